The summed E-state index contributed by atoms with van der Waals surface area (Å²) in [7, 11) is -0.428. The predicted molar refractivity (Wildman–Crippen MR) is 88.4 cm³/mol. The van der Waals surface area contributed by atoms with E-state index in [0.717, 1.165) is 24.1 Å². The Morgan fingerprint density at radius 2 is 1.48 bits per heavy atom. The van der Waals surface area contributed by atoms with Gasteiger partial charge < -0.3 is 9.47 Å². The Morgan fingerprint density at radius 1 is 0.952 bits per heavy atom. The Morgan fingerprint density at radius 3 is 1.90 bits per heavy atom. The van der Waals surface area contributed by atoms with E-state index in [2.05, 4.69) is 48.1 Å². The molecule has 2 aliphatic rings. The molecule has 0 saturated heterocycles. The zero-order valence-corrected chi connectivity index (χ0v) is 13.4. The van der Waals surface area contributed by atoms with Crippen molar-refractivity contribution in [1.82, 2.24) is 0 Å². The summed E-state index contributed by atoms with van der Waals surface area (Å²) >= 11 is 0. The van der Waals surface area contributed by atoms with E-state index in [1.54, 1.807) is 0 Å². The number of nitrogens with zero attached hydrogens (tertiary/aromatic N) is 2. The summed E-state index contributed by atoms with van der Waals surface area (Å²) in [6, 6.07) is 11.2. The fourth-order valence-corrected chi connectivity index (χ4v) is 4.52. The SMILES string of the molecule is CC1COC(CP(CC2=NC(C)CO2)c2ccccc2)=N1. The summed E-state index contributed by atoms with van der Waals surface area (Å²) in [4.78, 5) is 9.15. The van der Waals surface area contributed by atoms with E-state index in [-0.39, 0.29) is 12.1 Å². The molecule has 21 heavy (non-hydrogen) atoms. The van der Waals surface area contributed by atoms with Crippen LogP contribution in [0.4, 0.5) is 0 Å². The average molecular weight is 304 g/mol. The quantitative estimate of drug-likeness (QED) is 0.784. The molecule has 2 atom stereocenters. The summed E-state index contributed by atoms with van der Waals surface area (Å²) in [6.45, 7) is 5.59. The standard InChI is InChI=1S/C16H21N2O2P/c1-12-8-19-15(17-12)10-21(14-6-4-3-5-7-14)11-16-18-13(2)9-20-16/h3-7,12-13H,8-11H2,1-2H3. The van der Waals surface area contributed by atoms with E-state index in [9.17, 15) is 0 Å². The van der Waals surface area contributed by atoms with E-state index >= 15 is 0 Å². The van der Waals surface area contributed by atoms with Crippen molar-refractivity contribution in [3.8, 4) is 0 Å². The molecule has 0 amide bonds. The summed E-state index contributed by atoms with van der Waals surface area (Å²) in [6.07, 6.45) is 1.75. The zero-order chi connectivity index (χ0) is 14.7. The van der Waals surface area contributed by atoms with Crippen LogP contribution in [0, 0.1) is 0 Å². The van der Waals surface area contributed by atoms with E-state index in [0.29, 0.717) is 13.2 Å². The Labute approximate surface area is 127 Å². The smallest absolute Gasteiger partial charge is 0.188 e. The number of ether oxygens (including phenoxy) is 2. The van der Waals surface area contributed by atoms with Gasteiger partial charge in [-0.3, -0.25) is 0 Å². The van der Waals surface area contributed by atoms with Gasteiger partial charge in [0.1, 0.15) is 13.2 Å². The van der Waals surface area contributed by atoms with Gasteiger partial charge in [-0.05, 0) is 19.2 Å². The van der Waals surface area contributed by atoms with Crippen molar-refractivity contribution in [2.75, 3.05) is 25.5 Å². The lowest BCUT2D eigenvalue weighted by Crippen LogP contribution is -2.17. The highest BCUT2D eigenvalue weighted by atomic mass is 31.1. The minimum absolute atomic E-state index is 0.285. The predicted octanol–water partition coefficient (Wildman–Crippen LogP) is 2.43. The van der Waals surface area contributed by atoms with Crippen LogP contribution in [-0.4, -0.2) is 49.4 Å². The van der Waals surface area contributed by atoms with Crippen molar-refractivity contribution in [1.29, 1.82) is 0 Å². The fraction of sp³-hybridized carbons (Fsp3) is 0.500. The molecule has 2 unspecified atom stereocenters. The Kier molecular flexibility index (Phi) is 4.54. The minimum Gasteiger partial charge on any atom is -0.478 e. The van der Waals surface area contributed by atoms with Gasteiger partial charge in [0, 0.05) is 12.3 Å². The van der Waals surface area contributed by atoms with Gasteiger partial charge in [-0.2, -0.15) is 0 Å². The molecule has 0 aliphatic carbocycles. The average Bonchev–Trinajstić information content (AvgIpc) is 3.08. The van der Waals surface area contributed by atoms with Crippen LogP contribution in [0.25, 0.3) is 0 Å². The third-order valence-electron chi connectivity index (χ3n) is 3.48. The molecular weight excluding hydrogens is 283 g/mol. The van der Waals surface area contributed by atoms with Crippen LogP contribution in [-0.2, 0) is 9.47 Å². The molecule has 5 heteroatoms. The fourth-order valence-electron chi connectivity index (χ4n) is 2.45. The van der Waals surface area contributed by atoms with E-state index in [1.807, 2.05) is 6.07 Å². The third kappa shape index (κ3) is 3.82. The lowest BCUT2D eigenvalue weighted by molar-refractivity contribution is 0.321. The van der Waals surface area contributed by atoms with Crippen molar-refractivity contribution in [2.45, 2.75) is 25.9 Å². The highest BCUT2D eigenvalue weighted by Gasteiger charge is 2.24. The largest absolute Gasteiger partial charge is 0.478 e. The van der Waals surface area contributed by atoms with Gasteiger partial charge in [-0.1, -0.05) is 38.3 Å². The molecule has 2 heterocycles. The molecule has 0 spiro atoms. The topological polar surface area (TPSA) is 43.2 Å². The first-order chi connectivity index (χ1) is 10.2. The summed E-state index contributed by atoms with van der Waals surface area (Å²) in [5.74, 6) is 1.79. The first-order valence-electron chi connectivity index (χ1n) is 7.39. The Balaban J connectivity index is 1.75. The van der Waals surface area contributed by atoms with Crippen molar-refractivity contribution >= 4 is 25.0 Å². The first kappa shape index (κ1) is 14.5. The molecule has 0 aromatic heterocycles. The summed E-state index contributed by atoms with van der Waals surface area (Å²) < 4.78 is 11.4. The molecule has 112 valence electrons. The monoisotopic (exact) mass is 304 g/mol. The molecule has 0 N–H and O–H groups in total. The highest BCUT2D eigenvalue weighted by Crippen LogP contribution is 2.36. The van der Waals surface area contributed by atoms with E-state index < -0.39 is 7.92 Å². The first-order valence-corrected chi connectivity index (χ1v) is 9.11. The molecule has 2 aliphatic heterocycles. The lowest BCUT2D eigenvalue weighted by atomic mass is 10.4. The van der Waals surface area contributed by atoms with E-state index in [4.69, 9.17) is 9.47 Å². The summed E-state index contributed by atoms with van der Waals surface area (Å²) in [5, 5.41) is 1.35. The number of benzene rings is 1. The number of hydrogen-bond acceptors (Lipinski definition) is 4. The van der Waals surface area contributed by atoms with Crippen LogP contribution < -0.4 is 5.30 Å². The third-order valence-corrected chi connectivity index (χ3v) is 5.82. The second kappa shape index (κ2) is 6.57. The van der Waals surface area contributed by atoms with Crippen molar-refractivity contribution in [2.24, 2.45) is 9.98 Å². The second-order valence-electron chi connectivity index (χ2n) is 5.56. The molecule has 0 bridgehead atoms. The molecule has 4 nitrogen and oxygen atoms in total. The van der Waals surface area contributed by atoms with Crippen LogP contribution >= 0.6 is 7.92 Å². The maximum absolute atomic E-state index is 5.69. The van der Waals surface area contributed by atoms with Gasteiger partial charge in [0.15, 0.2) is 11.8 Å². The molecule has 1 aromatic carbocycles. The van der Waals surface area contributed by atoms with Crippen molar-refractivity contribution in [3.63, 3.8) is 0 Å². The van der Waals surface area contributed by atoms with Gasteiger partial charge in [-0.15, -0.1) is 0 Å². The van der Waals surface area contributed by atoms with Crippen LogP contribution in [0.2, 0.25) is 0 Å². The highest BCUT2D eigenvalue weighted by molar-refractivity contribution is 7.67. The molecule has 0 radical (unpaired) electrons. The minimum atomic E-state index is -0.428. The van der Waals surface area contributed by atoms with Crippen LogP contribution in [0.1, 0.15) is 13.8 Å². The molecule has 3 rings (SSSR count). The van der Waals surface area contributed by atoms with Gasteiger partial charge in [0.05, 0.1) is 12.1 Å². The Hall–Kier alpha value is -1.41. The van der Waals surface area contributed by atoms with Crippen LogP contribution in [0.3, 0.4) is 0 Å². The van der Waals surface area contributed by atoms with Crippen molar-refractivity contribution in [3.05, 3.63) is 30.3 Å². The lowest BCUT2D eigenvalue weighted by Gasteiger charge is -2.17. The molecular formula is C16H21N2O2P. The molecule has 0 fully saturated rings. The van der Waals surface area contributed by atoms with Crippen LogP contribution in [0.5, 0.6) is 0 Å². The normalized spacial score (nSPS) is 25.8. The number of hydrogen-bond donors (Lipinski definition) is 0. The van der Waals surface area contributed by atoms with Gasteiger partial charge in [0.25, 0.3) is 0 Å². The zero-order valence-electron chi connectivity index (χ0n) is 12.5. The maximum atomic E-state index is 5.69. The molecule has 1 aromatic rings. The van der Waals surface area contributed by atoms with Crippen molar-refractivity contribution < 1.29 is 9.47 Å². The second-order valence-corrected chi connectivity index (χ2v) is 7.79. The van der Waals surface area contributed by atoms with Gasteiger partial charge in [-0.25, -0.2) is 9.98 Å². The number of aliphatic imine (C=N–C) groups is 2. The van der Waals surface area contributed by atoms with Gasteiger partial charge in [0.2, 0.25) is 0 Å². The Bertz CT molecular complexity index is 514. The number of rotatable bonds is 5. The van der Waals surface area contributed by atoms with E-state index in [1.165, 1.54) is 5.30 Å². The maximum Gasteiger partial charge on any atom is 0.188 e. The van der Waals surface area contributed by atoms with Gasteiger partial charge >= 0.3 is 0 Å². The molecule has 0 saturated carbocycles. The van der Waals surface area contributed by atoms with Crippen LogP contribution in [0.15, 0.2) is 40.3 Å². The summed E-state index contributed by atoms with van der Waals surface area (Å²) in [5.41, 5.74) is 0.